The van der Waals surface area contributed by atoms with Gasteiger partial charge in [0.1, 0.15) is 0 Å². The van der Waals surface area contributed by atoms with Gasteiger partial charge in [-0.15, -0.1) is 0 Å². The van der Waals surface area contributed by atoms with Crippen LogP contribution in [0.4, 0.5) is 0 Å². The third-order valence-electron chi connectivity index (χ3n) is 5.53. The third kappa shape index (κ3) is 1.90. The second-order valence-electron chi connectivity index (χ2n) is 7.05. The number of hydrogen-bond donors (Lipinski definition) is 0. The molecular weight excluding hydrogens is 224 g/mol. The van der Waals surface area contributed by atoms with Crippen molar-refractivity contribution in [1.29, 1.82) is 0 Å². The maximum atomic E-state index is 12.2. The minimum absolute atomic E-state index is 0.0458. The van der Waals surface area contributed by atoms with Gasteiger partial charge in [-0.1, -0.05) is 39.3 Å². The van der Waals surface area contributed by atoms with E-state index in [0.717, 1.165) is 18.4 Å². The lowest BCUT2D eigenvalue weighted by Gasteiger charge is -2.56. The van der Waals surface area contributed by atoms with Gasteiger partial charge in [-0.05, 0) is 42.4 Å². The highest BCUT2D eigenvalue weighted by Crippen LogP contribution is 2.60. The van der Waals surface area contributed by atoms with Crippen LogP contribution in [0.5, 0.6) is 0 Å². The van der Waals surface area contributed by atoms with E-state index in [2.05, 4.69) is 27.4 Å². The summed E-state index contributed by atoms with van der Waals surface area (Å²) >= 11 is 0. The van der Waals surface area contributed by atoms with Crippen LogP contribution in [0.15, 0.2) is 12.2 Å². The molecule has 2 heteroatoms. The van der Waals surface area contributed by atoms with Crippen LogP contribution < -0.4 is 0 Å². The molecule has 102 valence electrons. The van der Waals surface area contributed by atoms with E-state index < -0.39 is 0 Å². The Morgan fingerprint density at radius 3 is 2.61 bits per heavy atom. The highest BCUT2D eigenvalue weighted by Gasteiger charge is 2.55. The van der Waals surface area contributed by atoms with Gasteiger partial charge in [-0.2, -0.15) is 0 Å². The Morgan fingerprint density at radius 2 is 2.00 bits per heavy atom. The van der Waals surface area contributed by atoms with Crippen LogP contribution in [-0.2, 0) is 9.53 Å². The zero-order valence-corrected chi connectivity index (χ0v) is 12.2. The quantitative estimate of drug-likeness (QED) is 0.520. The van der Waals surface area contributed by atoms with Crippen LogP contribution in [0.25, 0.3) is 0 Å². The number of carbonyl (C=O) groups excluding carboxylic acids is 1. The molecule has 0 spiro atoms. The number of hydrogen-bond acceptors (Lipinski definition) is 2. The number of carbonyl (C=O) groups is 1. The summed E-state index contributed by atoms with van der Waals surface area (Å²) in [5.41, 5.74) is 1.46. The van der Waals surface area contributed by atoms with Crippen LogP contribution >= 0.6 is 0 Å². The summed E-state index contributed by atoms with van der Waals surface area (Å²) in [6.45, 7) is 11.1. The highest BCUT2D eigenvalue weighted by molar-refractivity contribution is 5.77. The summed E-state index contributed by atoms with van der Waals surface area (Å²) in [5.74, 6) is 0.430. The second-order valence-corrected chi connectivity index (χ2v) is 7.05. The van der Waals surface area contributed by atoms with Gasteiger partial charge in [0.25, 0.3) is 0 Å². The van der Waals surface area contributed by atoms with E-state index in [1.54, 1.807) is 0 Å². The lowest BCUT2D eigenvalue weighted by Crippen LogP contribution is -2.51. The molecule has 18 heavy (non-hydrogen) atoms. The molecule has 0 aliphatic heterocycles. The summed E-state index contributed by atoms with van der Waals surface area (Å²) in [6, 6.07) is 0. The van der Waals surface area contributed by atoms with Gasteiger partial charge in [-0.25, -0.2) is 0 Å². The van der Waals surface area contributed by atoms with Crippen LogP contribution in [0, 0.1) is 22.7 Å². The molecule has 0 radical (unpaired) electrons. The molecule has 2 rings (SSSR count). The van der Waals surface area contributed by atoms with E-state index in [0.29, 0.717) is 11.3 Å². The van der Waals surface area contributed by atoms with E-state index in [-0.39, 0.29) is 17.3 Å². The van der Waals surface area contributed by atoms with Crippen LogP contribution in [0.3, 0.4) is 0 Å². The van der Waals surface area contributed by atoms with Gasteiger partial charge >= 0.3 is 5.97 Å². The van der Waals surface area contributed by atoms with E-state index >= 15 is 0 Å². The lowest BCUT2D eigenvalue weighted by atomic mass is 9.47. The molecule has 0 unspecified atom stereocenters. The summed E-state index contributed by atoms with van der Waals surface area (Å²) in [6.07, 6.45) is 5.76. The van der Waals surface area contributed by atoms with Crippen molar-refractivity contribution in [3.8, 4) is 0 Å². The molecule has 2 nitrogen and oxygen atoms in total. The molecule has 3 atom stereocenters. The maximum Gasteiger partial charge on any atom is 0.313 e. The largest absolute Gasteiger partial charge is 0.469 e. The topological polar surface area (TPSA) is 26.3 Å². The standard InChI is InChI=1S/C16H26O2/c1-11-7-8-12-15(2,3)9-6-10-16(12,4)13(11)14(17)18-5/h12-13H,1,6-10H2,2-5H3/t12-,13+,16-/m0/s1. The van der Waals surface area contributed by atoms with Gasteiger partial charge in [0.2, 0.25) is 0 Å². The molecule has 0 saturated heterocycles. The minimum atomic E-state index is -0.0965. The van der Waals surface area contributed by atoms with E-state index in [1.165, 1.54) is 26.4 Å². The fraction of sp³-hybridized carbons (Fsp3) is 0.812. The first-order valence-corrected chi connectivity index (χ1v) is 7.08. The molecule has 0 N–H and O–H groups in total. The zero-order valence-electron chi connectivity index (χ0n) is 12.2. The van der Waals surface area contributed by atoms with Gasteiger partial charge in [0.15, 0.2) is 0 Å². The summed E-state index contributed by atoms with van der Waals surface area (Å²) < 4.78 is 5.04. The molecule has 0 aromatic rings. The van der Waals surface area contributed by atoms with Crippen molar-refractivity contribution in [2.24, 2.45) is 22.7 Å². The molecule has 0 bridgehead atoms. The minimum Gasteiger partial charge on any atom is -0.469 e. The third-order valence-corrected chi connectivity index (χ3v) is 5.53. The fourth-order valence-electron chi connectivity index (χ4n) is 4.73. The predicted octanol–water partition coefficient (Wildman–Crippen LogP) is 3.96. The normalized spacial score (nSPS) is 39.0. The van der Waals surface area contributed by atoms with Gasteiger partial charge < -0.3 is 4.74 Å². The molecule has 0 aromatic carbocycles. The summed E-state index contributed by atoms with van der Waals surface area (Å²) in [4.78, 5) is 12.2. The van der Waals surface area contributed by atoms with Crippen LogP contribution in [0.2, 0.25) is 0 Å². The van der Waals surface area contributed by atoms with Crippen molar-refractivity contribution in [3.63, 3.8) is 0 Å². The number of esters is 1. The molecule has 2 fully saturated rings. The molecule has 2 aliphatic rings. The smallest absolute Gasteiger partial charge is 0.313 e. The highest BCUT2D eigenvalue weighted by atomic mass is 16.5. The van der Waals surface area contributed by atoms with Crippen molar-refractivity contribution in [3.05, 3.63) is 12.2 Å². The van der Waals surface area contributed by atoms with Gasteiger partial charge in [0.05, 0.1) is 13.0 Å². The van der Waals surface area contributed by atoms with Crippen molar-refractivity contribution in [2.75, 3.05) is 7.11 Å². The number of fused-ring (bicyclic) bond motifs is 1. The fourth-order valence-corrected chi connectivity index (χ4v) is 4.73. The first-order valence-electron chi connectivity index (χ1n) is 7.08. The molecule has 0 heterocycles. The maximum absolute atomic E-state index is 12.2. The number of ether oxygens (including phenoxy) is 1. The van der Waals surface area contributed by atoms with Gasteiger partial charge in [0, 0.05) is 0 Å². The van der Waals surface area contributed by atoms with Crippen molar-refractivity contribution in [2.45, 2.75) is 52.9 Å². The number of rotatable bonds is 1. The zero-order chi connectivity index (χ0) is 13.6. The monoisotopic (exact) mass is 250 g/mol. The predicted molar refractivity (Wildman–Crippen MR) is 73.1 cm³/mol. The first-order chi connectivity index (χ1) is 8.33. The second kappa shape index (κ2) is 4.40. The Balaban J connectivity index is 2.40. The van der Waals surface area contributed by atoms with Crippen molar-refractivity contribution < 1.29 is 9.53 Å². The van der Waals surface area contributed by atoms with E-state index in [1.807, 2.05) is 0 Å². The molecule has 0 aromatic heterocycles. The van der Waals surface area contributed by atoms with E-state index in [4.69, 9.17) is 4.74 Å². The SMILES string of the molecule is C=C1CC[C@H]2C(C)(C)CCC[C@]2(C)[C@H]1C(=O)OC. The number of methoxy groups -OCH3 is 1. The van der Waals surface area contributed by atoms with Crippen LogP contribution in [0.1, 0.15) is 52.9 Å². The van der Waals surface area contributed by atoms with Crippen molar-refractivity contribution in [1.82, 2.24) is 0 Å². The molecular formula is C16H26O2. The Hall–Kier alpha value is -0.790. The lowest BCUT2D eigenvalue weighted by molar-refractivity contribution is -0.156. The molecule has 0 amide bonds. The average molecular weight is 250 g/mol. The Morgan fingerprint density at radius 1 is 1.33 bits per heavy atom. The van der Waals surface area contributed by atoms with Crippen LogP contribution in [-0.4, -0.2) is 13.1 Å². The Labute approximate surface area is 111 Å². The Kier molecular flexibility index (Phi) is 3.33. The summed E-state index contributed by atoms with van der Waals surface area (Å²) in [5, 5.41) is 0. The van der Waals surface area contributed by atoms with E-state index in [9.17, 15) is 4.79 Å². The average Bonchev–Trinajstić information content (AvgIpc) is 2.26. The van der Waals surface area contributed by atoms with Gasteiger partial charge in [-0.3, -0.25) is 4.79 Å². The Bertz CT molecular complexity index is 361. The molecule has 2 saturated carbocycles. The molecule has 2 aliphatic carbocycles. The summed E-state index contributed by atoms with van der Waals surface area (Å²) in [7, 11) is 1.50. The van der Waals surface area contributed by atoms with Crippen molar-refractivity contribution >= 4 is 5.97 Å². The first kappa shape index (κ1) is 13.6.